The molecule has 2 saturated carbocycles. The highest BCUT2D eigenvalue weighted by atomic mass is 35.5. The Morgan fingerprint density at radius 3 is 1.75 bits per heavy atom. The fourth-order valence-corrected chi connectivity index (χ4v) is 5.63. The van der Waals surface area contributed by atoms with Gasteiger partial charge in [0.25, 0.3) is 0 Å². The number of hydrogen-bond donors (Lipinski definition) is 0. The van der Waals surface area contributed by atoms with E-state index in [0.717, 1.165) is 25.7 Å². The van der Waals surface area contributed by atoms with Crippen molar-refractivity contribution in [3.8, 4) is 17.3 Å². The van der Waals surface area contributed by atoms with E-state index in [1.807, 2.05) is 47.6 Å². The average molecular weight is 740 g/mol. The molecule has 2 aliphatic rings. The van der Waals surface area contributed by atoms with Crippen molar-refractivity contribution in [1.29, 1.82) is 5.26 Å². The number of carbonyl (C=O) groups is 4. The van der Waals surface area contributed by atoms with Gasteiger partial charge in [0.1, 0.15) is 28.0 Å². The van der Waals surface area contributed by atoms with Gasteiger partial charge in [0.05, 0.1) is 40.8 Å². The Bertz CT molecular complexity index is 2270. The van der Waals surface area contributed by atoms with E-state index in [-0.39, 0.29) is 17.2 Å². The van der Waals surface area contributed by atoms with Gasteiger partial charge < -0.3 is 9.47 Å². The Morgan fingerprint density at radius 2 is 1.30 bits per heavy atom. The van der Waals surface area contributed by atoms with Gasteiger partial charge in [-0.2, -0.15) is 24.5 Å². The Labute approximate surface area is 310 Å². The largest absolute Gasteiger partial charge is 0.443 e. The van der Waals surface area contributed by atoms with E-state index in [2.05, 4.69) is 26.2 Å². The molecule has 0 spiro atoms. The van der Waals surface area contributed by atoms with Crippen molar-refractivity contribution in [1.82, 2.24) is 29.2 Å². The van der Waals surface area contributed by atoms with Gasteiger partial charge in [-0.15, -0.1) is 0 Å². The van der Waals surface area contributed by atoms with Crippen molar-refractivity contribution in [3.05, 3.63) is 70.6 Å². The molecule has 2 fully saturated rings. The van der Waals surface area contributed by atoms with Gasteiger partial charge >= 0.3 is 12.2 Å². The first kappa shape index (κ1) is 36.9. The lowest BCUT2D eigenvalue weighted by Gasteiger charge is -2.27. The molecule has 2 amide bonds. The van der Waals surface area contributed by atoms with E-state index < -0.39 is 23.4 Å². The molecule has 274 valence electrons. The quantitative estimate of drug-likeness (QED) is 0.123. The van der Waals surface area contributed by atoms with Crippen LogP contribution < -0.4 is 9.80 Å². The number of hydrogen-bond acceptors (Lipinski definition) is 11. The minimum absolute atomic E-state index is 0.00683. The third-order valence-electron chi connectivity index (χ3n) is 7.97. The molecule has 0 bridgehead atoms. The van der Waals surface area contributed by atoms with Crippen LogP contribution in [0.3, 0.4) is 0 Å². The molecular formula is C37H38ClN9O6. The Kier molecular flexibility index (Phi) is 9.93. The van der Waals surface area contributed by atoms with Gasteiger partial charge in [0, 0.05) is 29.8 Å². The van der Waals surface area contributed by atoms with Gasteiger partial charge in [0.2, 0.25) is 0 Å². The molecule has 0 atom stereocenters. The highest BCUT2D eigenvalue weighted by molar-refractivity contribution is 6.30. The number of halogens is 1. The maximum absolute atomic E-state index is 13.0. The molecule has 0 unspecified atom stereocenters. The molecule has 5 aromatic rings. The van der Waals surface area contributed by atoms with Crippen LogP contribution >= 0.6 is 11.6 Å². The van der Waals surface area contributed by atoms with E-state index in [1.165, 1.54) is 26.3 Å². The van der Waals surface area contributed by atoms with Gasteiger partial charge in [-0.1, -0.05) is 23.7 Å². The van der Waals surface area contributed by atoms with Crippen LogP contribution in [-0.4, -0.2) is 77.2 Å². The van der Waals surface area contributed by atoms with Crippen molar-refractivity contribution in [3.63, 3.8) is 0 Å². The molecule has 0 saturated heterocycles. The maximum Gasteiger partial charge on any atom is 0.416 e. The van der Waals surface area contributed by atoms with E-state index in [0.29, 0.717) is 63.5 Å². The number of rotatable bonds is 7. The Hall–Kier alpha value is -5.88. The molecule has 16 heteroatoms. The van der Waals surface area contributed by atoms with Gasteiger partial charge in [-0.25, -0.2) is 19.6 Å². The highest BCUT2D eigenvalue weighted by Gasteiger charge is 2.39. The fourth-order valence-electron chi connectivity index (χ4n) is 5.45. The van der Waals surface area contributed by atoms with Crippen molar-refractivity contribution < 1.29 is 28.7 Å². The van der Waals surface area contributed by atoms with Gasteiger partial charge in [-0.05, 0) is 79.4 Å². The Balaban J connectivity index is 0.000000188. The smallest absolute Gasteiger partial charge is 0.416 e. The molecule has 4 aromatic heterocycles. The molecule has 0 aliphatic heterocycles. The van der Waals surface area contributed by atoms with Crippen molar-refractivity contribution in [2.24, 2.45) is 0 Å². The summed E-state index contributed by atoms with van der Waals surface area (Å²) in [6, 6.07) is 12.5. The molecule has 0 N–H and O–H groups in total. The third-order valence-corrected chi connectivity index (χ3v) is 8.16. The van der Waals surface area contributed by atoms with Crippen LogP contribution in [0.5, 0.6) is 0 Å². The van der Waals surface area contributed by atoms with Crippen molar-refractivity contribution in [2.75, 3.05) is 9.80 Å². The number of nitrogens with zero attached hydrogens (tertiary/aromatic N) is 9. The monoisotopic (exact) mass is 739 g/mol. The van der Waals surface area contributed by atoms with E-state index in [4.69, 9.17) is 21.1 Å². The predicted molar refractivity (Wildman–Crippen MR) is 195 cm³/mol. The molecular weight excluding hydrogens is 702 g/mol. The molecule has 0 radical (unpaired) electrons. The zero-order valence-corrected chi connectivity index (χ0v) is 30.9. The van der Waals surface area contributed by atoms with Gasteiger partial charge in [-0.3, -0.25) is 19.4 Å². The molecule has 1 aromatic carbocycles. The summed E-state index contributed by atoms with van der Waals surface area (Å²) in [6.07, 6.45) is 6.68. The summed E-state index contributed by atoms with van der Waals surface area (Å²) in [5, 5.41) is 17.9. The first-order valence-electron chi connectivity index (χ1n) is 17.0. The SMILES string of the molecule is CC(C)(C)OC(=O)N(c1cc(-c2cccc(C#N)c2)nc2c(C=O)cnn12)C1CC1.CC(C)(C)OC(=O)N(c1cc(Cl)nc2c(C=O)cnn12)C1CC1. The summed E-state index contributed by atoms with van der Waals surface area (Å²) in [6.45, 7) is 10.9. The van der Waals surface area contributed by atoms with Crippen LogP contribution in [-0.2, 0) is 9.47 Å². The summed E-state index contributed by atoms with van der Waals surface area (Å²) >= 11 is 6.07. The highest BCUT2D eigenvalue weighted by Crippen LogP contribution is 2.36. The Morgan fingerprint density at radius 1 is 0.811 bits per heavy atom. The molecule has 7 rings (SSSR count). The van der Waals surface area contributed by atoms with E-state index in [1.54, 1.807) is 35.2 Å². The number of aromatic nitrogens is 6. The van der Waals surface area contributed by atoms with Gasteiger partial charge in [0.15, 0.2) is 23.9 Å². The number of fused-ring (bicyclic) bond motifs is 2. The lowest BCUT2D eigenvalue weighted by atomic mass is 10.1. The molecule has 4 heterocycles. The second kappa shape index (κ2) is 14.3. The number of ether oxygens (including phenoxy) is 2. The van der Waals surface area contributed by atoms with Crippen LogP contribution in [0.1, 0.15) is 93.5 Å². The average Bonchev–Trinajstić information content (AvgIpc) is 4.02. The number of amides is 2. The third kappa shape index (κ3) is 8.28. The van der Waals surface area contributed by atoms with Crippen molar-refractivity contribution >= 4 is 59.3 Å². The normalized spacial score (nSPS) is 14.2. The molecule has 15 nitrogen and oxygen atoms in total. The minimum atomic E-state index is -0.654. The van der Waals surface area contributed by atoms with Crippen LogP contribution in [0, 0.1) is 11.3 Å². The number of carbonyl (C=O) groups excluding carboxylic acids is 4. The lowest BCUT2D eigenvalue weighted by Crippen LogP contribution is -2.39. The zero-order valence-electron chi connectivity index (χ0n) is 30.1. The number of nitriles is 1. The first-order valence-corrected chi connectivity index (χ1v) is 17.4. The summed E-state index contributed by atoms with van der Waals surface area (Å²) < 4.78 is 14.1. The van der Waals surface area contributed by atoms with E-state index >= 15 is 0 Å². The fraction of sp³-hybridized carbons (Fsp3) is 0.378. The molecule has 2 aliphatic carbocycles. The van der Waals surface area contributed by atoms with Crippen LogP contribution in [0.2, 0.25) is 5.15 Å². The second-order valence-electron chi connectivity index (χ2n) is 14.7. The van der Waals surface area contributed by atoms with Crippen molar-refractivity contribution in [2.45, 2.75) is 90.5 Å². The topological polar surface area (TPSA) is 177 Å². The number of benzene rings is 1. The van der Waals surface area contributed by atoms with E-state index in [9.17, 15) is 24.4 Å². The minimum Gasteiger partial charge on any atom is -0.443 e. The zero-order chi connectivity index (χ0) is 38.2. The summed E-state index contributed by atoms with van der Waals surface area (Å²) in [7, 11) is 0. The first-order chi connectivity index (χ1) is 25.1. The summed E-state index contributed by atoms with van der Waals surface area (Å²) in [5.74, 6) is 0.923. The second-order valence-corrected chi connectivity index (χ2v) is 15.1. The van der Waals surface area contributed by atoms with Crippen LogP contribution in [0.15, 0.2) is 48.8 Å². The maximum atomic E-state index is 13.0. The number of anilines is 2. The summed E-state index contributed by atoms with van der Waals surface area (Å²) in [4.78, 5) is 60.1. The summed E-state index contributed by atoms with van der Waals surface area (Å²) in [5.41, 5.74) is 1.75. The molecule has 53 heavy (non-hydrogen) atoms. The number of aldehydes is 2. The van der Waals surface area contributed by atoms with Crippen LogP contribution in [0.25, 0.3) is 22.6 Å². The lowest BCUT2D eigenvalue weighted by molar-refractivity contribution is 0.0564. The predicted octanol–water partition coefficient (Wildman–Crippen LogP) is 7.08. The standard InChI is InChI=1S/C22H21N5O3.C15H17ClN4O3/c1-22(2,3)30-21(29)26(17-7-8-17)19-10-18(15-6-4-5-14(9-15)11-23)25-20-16(13-28)12-24-27(19)20;1-15(2,3)23-14(22)19(10-4-5-10)12-6-11(16)18-13-9(8-21)7-17-20(12)13/h4-6,9-10,12-13,17H,7-8H2,1-3H3;6-8,10H,4-5H2,1-3H3. The van der Waals surface area contributed by atoms with Crippen LogP contribution in [0.4, 0.5) is 21.2 Å².